The summed E-state index contributed by atoms with van der Waals surface area (Å²) in [4.78, 5) is 10.9. The van der Waals surface area contributed by atoms with Crippen molar-refractivity contribution in [3.05, 3.63) is 18.2 Å². The minimum absolute atomic E-state index is 0.0197. The van der Waals surface area contributed by atoms with E-state index in [1.165, 1.54) is 33.2 Å². The molecule has 2 N–H and O–H groups in total. The smallest absolute Gasteiger partial charge is 0.244 e. The zero-order valence-corrected chi connectivity index (χ0v) is 10.6. The van der Waals surface area contributed by atoms with Crippen LogP contribution in [0.3, 0.4) is 0 Å². The molecular formula is C10H14N2O4S. The van der Waals surface area contributed by atoms with Gasteiger partial charge in [-0.2, -0.15) is 0 Å². The number of hydrogen-bond donors (Lipinski definition) is 2. The van der Waals surface area contributed by atoms with E-state index < -0.39 is 10.0 Å². The molecule has 0 aliphatic rings. The highest BCUT2D eigenvalue weighted by atomic mass is 32.2. The third kappa shape index (κ3) is 3.18. The number of nitrogens with one attached hydrogen (secondary N) is 2. The van der Waals surface area contributed by atoms with Crippen molar-refractivity contribution in [1.29, 1.82) is 0 Å². The molecule has 0 bridgehead atoms. The van der Waals surface area contributed by atoms with E-state index in [0.717, 1.165) is 0 Å². The Kier molecular flexibility index (Phi) is 4.08. The van der Waals surface area contributed by atoms with Gasteiger partial charge < -0.3 is 10.1 Å². The van der Waals surface area contributed by atoms with Gasteiger partial charge in [-0.3, -0.25) is 4.79 Å². The highest BCUT2D eigenvalue weighted by molar-refractivity contribution is 7.89. The zero-order chi connectivity index (χ0) is 13.1. The van der Waals surface area contributed by atoms with Crippen molar-refractivity contribution in [1.82, 2.24) is 4.72 Å². The molecule has 0 aliphatic carbocycles. The van der Waals surface area contributed by atoms with Gasteiger partial charge in [0.15, 0.2) is 0 Å². The lowest BCUT2D eigenvalue weighted by Gasteiger charge is -2.10. The first-order chi connectivity index (χ1) is 7.90. The van der Waals surface area contributed by atoms with Crippen molar-refractivity contribution in [3.63, 3.8) is 0 Å². The third-order valence-corrected chi connectivity index (χ3v) is 3.48. The Bertz CT molecular complexity index is 525. The fourth-order valence-electron chi connectivity index (χ4n) is 1.28. The van der Waals surface area contributed by atoms with Gasteiger partial charge in [0.1, 0.15) is 10.6 Å². The quantitative estimate of drug-likeness (QED) is 0.826. The van der Waals surface area contributed by atoms with Crippen LogP contribution >= 0.6 is 0 Å². The molecule has 1 aromatic rings. The van der Waals surface area contributed by atoms with Crippen LogP contribution in [0.15, 0.2) is 23.1 Å². The maximum atomic E-state index is 11.7. The Morgan fingerprint density at radius 1 is 1.35 bits per heavy atom. The van der Waals surface area contributed by atoms with E-state index in [1.807, 2.05) is 0 Å². The van der Waals surface area contributed by atoms with E-state index in [4.69, 9.17) is 4.74 Å². The number of sulfonamides is 1. The third-order valence-electron chi connectivity index (χ3n) is 2.04. The van der Waals surface area contributed by atoms with E-state index in [2.05, 4.69) is 10.0 Å². The minimum Gasteiger partial charge on any atom is -0.495 e. The molecule has 17 heavy (non-hydrogen) atoms. The summed E-state index contributed by atoms with van der Waals surface area (Å²) in [6.07, 6.45) is 0. The lowest BCUT2D eigenvalue weighted by molar-refractivity contribution is -0.114. The van der Waals surface area contributed by atoms with Crippen molar-refractivity contribution in [2.75, 3.05) is 19.5 Å². The molecule has 1 amide bonds. The Balaban J connectivity index is 3.30. The number of methoxy groups -OCH3 is 1. The molecule has 6 nitrogen and oxygen atoms in total. The number of ether oxygens (including phenoxy) is 1. The summed E-state index contributed by atoms with van der Waals surface area (Å²) < 4.78 is 30.6. The normalized spacial score (nSPS) is 11.0. The lowest BCUT2D eigenvalue weighted by atomic mass is 10.3. The molecule has 0 radical (unpaired) electrons. The van der Waals surface area contributed by atoms with Crippen molar-refractivity contribution in [2.24, 2.45) is 0 Å². The summed E-state index contributed by atoms with van der Waals surface area (Å²) in [5, 5.41) is 2.51. The van der Waals surface area contributed by atoms with Crippen LogP contribution in [-0.2, 0) is 14.8 Å². The van der Waals surface area contributed by atoms with Gasteiger partial charge >= 0.3 is 0 Å². The highest BCUT2D eigenvalue weighted by Crippen LogP contribution is 2.26. The van der Waals surface area contributed by atoms with Crippen molar-refractivity contribution in [3.8, 4) is 5.75 Å². The summed E-state index contributed by atoms with van der Waals surface area (Å²) in [5.41, 5.74) is 0.395. The first-order valence-corrected chi connectivity index (χ1v) is 6.28. The molecule has 0 atom stereocenters. The van der Waals surface area contributed by atoms with E-state index in [0.29, 0.717) is 5.69 Å². The fourth-order valence-corrected chi connectivity index (χ4v) is 2.20. The second kappa shape index (κ2) is 5.15. The van der Waals surface area contributed by atoms with Crippen LogP contribution in [0.1, 0.15) is 6.92 Å². The van der Waals surface area contributed by atoms with Gasteiger partial charge in [-0.15, -0.1) is 0 Å². The van der Waals surface area contributed by atoms with Gasteiger partial charge in [0.05, 0.1) is 7.11 Å². The zero-order valence-electron chi connectivity index (χ0n) is 9.77. The number of hydrogen-bond acceptors (Lipinski definition) is 4. The van der Waals surface area contributed by atoms with Crippen LogP contribution in [0.5, 0.6) is 5.75 Å². The van der Waals surface area contributed by atoms with Crippen LogP contribution in [0, 0.1) is 0 Å². The van der Waals surface area contributed by atoms with Crippen LogP contribution in [0.25, 0.3) is 0 Å². The van der Waals surface area contributed by atoms with Crippen LogP contribution in [0.2, 0.25) is 0 Å². The molecule has 7 heteroatoms. The molecule has 94 valence electrons. The number of benzene rings is 1. The Morgan fingerprint density at radius 2 is 2.00 bits per heavy atom. The van der Waals surface area contributed by atoms with Crippen LogP contribution in [0.4, 0.5) is 5.69 Å². The SMILES string of the molecule is CNS(=O)(=O)c1cc(NC(C)=O)ccc1OC. The second-order valence-electron chi connectivity index (χ2n) is 3.25. The molecule has 0 fully saturated rings. The molecule has 0 aliphatic heterocycles. The average Bonchev–Trinajstić information content (AvgIpc) is 2.28. The molecule has 0 spiro atoms. The summed E-state index contributed by atoms with van der Waals surface area (Å²) in [7, 11) is -0.943. The second-order valence-corrected chi connectivity index (χ2v) is 5.11. The Labute approximate surface area is 100 Å². The Hall–Kier alpha value is -1.60. The monoisotopic (exact) mass is 258 g/mol. The van der Waals surface area contributed by atoms with Gasteiger partial charge in [0.25, 0.3) is 0 Å². The first-order valence-electron chi connectivity index (χ1n) is 4.80. The highest BCUT2D eigenvalue weighted by Gasteiger charge is 2.18. The molecule has 0 aromatic heterocycles. The molecule has 0 heterocycles. The molecule has 0 unspecified atom stereocenters. The van der Waals surface area contributed by atoms with Crippen LogP contribution in [-0.4, -0.2) is 28.5 Å². The molecule has 0 saturated carbocycles. The number of carbonyl (C=O) groups excluding carboxylic acids is 1. The summed E-state index contributed by atoms with van der Waals surface area (Å²) in [5.74, 6) is -0.0589. The molecule has 1 aromatic carbocycles. The molecule has 0 saturated heterocycles. The fraction of sp³-hybridized carbons (Fsp3) is 0.300. The van der Waals surface area contributed by atoms with Crippen molar-refractivity contribution >= 4 is 21.6 Å². The lowest BCUT2D eigenvalue weighted by Crippen LogP contribution is -2.19. The van der Waals surface area contributed by atoms with Crippen molar-refractivity contribution < 1.29 is 17.9 Å². The number of carbonyl (C=O) groups is 1. The summed E-state index contributed by atoms with van der Waals surface area (Å²) in [6, 6.07) is 4.39. The first kappa shape index (κ1) is 13.5. The number of anilines is 1. The minimum atomic E-state index is -3.63. The van der Waals surface area contributed by atoms with Gasteiger partial charge in [0, 0.05) is 12.6 Å². The average molecular weight is 258 g/mol. The number of rotatable bonds is 4. The summed E-state index contributed by atoms with van der Waals surface area (Å²) >= 11 is 0. The van der Waals surface area contributed by atoms with Gasteiger partial charge in [-0.1, -0.05) is 0 Å². The predicted octanol–water partition coefficient (Wildman–Crippen LogP) is 0.562. The number of amides is 1. The van der Waals surface area contributed by atoms with Gasteiger partial charge in [0.2, 0.25) is 15.9 Å². The van der Waals surface area contributed by atoms with Gasteiger partial charge in [-0.05, 0) is 25.2 Å². The standard InChI is InChI=1S/C10H14N2O4S/c1-7(13)12-8-4-5-9(16-3)10(6-8)17(14,15)11-2/h4-6,11H,1-3H3,(H,12,13). The van der Waals surface area contributed by atoms with Gasteiger partial charge in [-0.25, -0.2) is 13.1 Å². The van der Waals surface area contributed by atoms with E-state index in [-0.39, 0.29) is 16.6 Å². The van der Waals surface area contributed by atoms with Crippen molar-refractivity contribution in [2.45, 2.75) is 11.8 Å². The predicted molar refractivity (Wildman–Crippen MR) is 63.5 cm³/mol. The maximum absolute atomic E-state index is 11.7. The van der Waals surface area contributed by atoms with E-state index in [1.54, 1.807) is 6.07 Å². The van der Waals surface area contributed by atoms with E-state index in [9.17, 15) is 13.2 Å². The van der Waals surface area contributed by atoms with E-state index >= 15 is 0 Å². The summed E-state index contributed by atoms with van der Waals surface area (Å²) in [6.45, 7) is 1.34. The topological polar surface area (TPSA) is 84.5 Å². The maximum Gasteiger partial charge on any atom is 0.244 e. The molecular weight excluding hydrogens is 244 g/mol. The Morgan fingerprint density at radius 3 is 2.47 bits per heavy atom. The van der Waals surface area contributed by atoms with Crippen LogP contribution < -0.4 is 14.8 Å². The molecule has 1 rings (SSSR count). The largest absolute Gasteiger partial charge is 0.495 e.